The molecular formula is C17H19N3O2S. The lowest BCUT2D eigenvalue weighted by Crippen LogP contribution is -2.47. The van der Waals surface area contributed by atoms with Crippen molar-refractivity contribution in [3.63, 3.8) is 0 Å². The minimum Gasteiger partial charge on any atom is -0.496 e. The molecule has 0 spiro atoms. The highest BCUT2D eigenvalue weighted by Gasteiger charge is 2.40. The van der Waals surface area contributed by atoms with Crippen LogP contribution in [0.25, 0.3) is 10.4 Å². The van der Waals surface area contributed by atoms with Crippen molar-refractivity contribution in [2.24, 2.45) is 5.92 Å². The van der Waals surface area contributed by atoms with Gasteiger partial charge in [0.1, 0.15) is 5.75 Å². The summed E-state index contributed by atoms with van der Waals surface area (Å²) in [7, 11) is 1.65. The summed E-state index contributed by atoms with van der Waals surface area (Å²) in [5.74, 6) is 1.43. The molecular weight excluding hydrogens is 310 g/mol. The Morgan fingerprint density at radius 1 is 1.39 bits per heavy atom. The normalized spacial score (nSPS) is 25.5. The van der Waals surface area contributed by atoms with E-state index in [4.69, 9.17) is 4.74 Å². The Morgan fingerprint density at radius 2 is 2.26 bits per heavy atom. The number of carbonyl (C=O) groups excluding carboxylic acids is 1. The van der Waals surface area contributed by atoms with Crippen LogP contribution < -0.4 is 15.4 Å². The molecule has 1 aromatic heterocycles. The number of ether oxygens (including phenoxy) is 1. The van der Waals surface area contributed by atoms with Crippen molar-refractivity contribution in [1.29, 1.82) is 0 Å². The highest BCUT2D eigenvalue weighted by Crippen LogP contribution is 2.34. The summed E-state index contributed by atoms with van der Waals surface area (Å²) in [4.78, 5) is 17.7. The topological polar surface area (TPSA) is 63.2 Å². The van der Waals surface area contributed by atoms with E-state index in [-0.39, 0.29) is 11.9 Å². The van der Waals surface area contributed by atoms with Crippen molar-refractivity contribution in [2.75, 3.05) is 13.7 Å². The fraction of sp³-hybridized carbons (Fsp3) is 0.412. The van der Waals surface area contributed by atoms with Crippen molar-refractivity contribution >= 4 is 17.2 Å². The molecule has 4 rings (SSSR count). The van der Waals surface area contributed by atoms with Crippen molar-refractivity contribution in [3.05, 3.63) is 35.5 Å². The molecule has 2 heterocycles. The van der Waals surface area contributed by atoms with Gasteiger partial charge in [0.25, 0.3) is 5.91 Å². The second-order valence-corrected chi connectivity index (χ2v) is 7.19. The van der Waals surface area contributed by atoms with Gasteiger partial charge in [-0.05, 0) is 37.4 Å². The Morgan fingerprint density at radius 3 is 3.00 bits per heavy atom. The lowest BCUT2D eigenvalue weighted by molar-refractivity contribution is 0.0928. The summed E-state index contributed by atoms with van der Waals surface area (Å²) in [5.41, 5.74) is 0.966. The summed E-state index contributed by atoms with van der Waals surface area (Å²) in [6, 6.07) is 8.44. The third-order valence-corrected chi connectivity index (χ3v) is 5.75. The fourth-order valence-corrected chi connectivity index (χ4v) is 4.44. The molecule has 1 aromatic carbocycles. The average Bonchev–Trinajstić information content (AvgIpc) is 3.31. The van der Waals surface area contributed by atoms with Crippen LogP contribution in [-0.2, 0) is 0 Å². The molecule has 2 aromatic rings. The number of nitrogens with one attached hydrogen (secondary N) is 2. The lowest BCUT2D eigenvalue weighted by atomic mass is 10.1. The zero-order valence-corrected chi connectivity index (χ0v) is 13.7. The maximum absolute atomic E-state index is 12.5. The summed E-state index contributed by atoms with van der Waals surface area (Å²) < 4.78 is 5.38. The number of amides is 1. The molecule has 1 saturated carbocycles. The van der Waals surface area contributed by atoms with Crippen LogP contribution in [0.2, 0.25) is 0 Å². The fourth-order valence-electron chi connectivity index (χ4n) is 3.59. The van der Waals surface area contributed by atoms with Crippen LogP contribution in [0.5, 0.6) is 5.75 Å². The van der Waals surface area contributed by atoms with Crippen LogP contribution in [0.15, 0.2) is 30.5 Å². The van der Waals surface area contributed by atoms with Gasteiger partial charge in [0, 0.05) is 23.8 Å². The molecule has 0 radical (unpaired) electrons. The first kappa shape index (κ1) is 14.7. The number of hydrogen-bond acceptors (Lipinski definition) is 5. The van der Waals surface area contributed by atoms with Crippen LogP contribution >= 0.6 is 11.3 Å². The van der Waals surface area contributed by atoms with Gasteiger partial charge >= 0.3 is 0 Å². The number of benzene rings is 1. The molecule has 3 unspecified atom stereocenters. The van der Waals surface area contributed by atoms with Crippen LogP contribution in [0.3, 0.4) is 0 Å². The molecule has 2 fully saturated rings. The van der Waals surface area contributed by atoms with Gasteiger partial charge in [-0.2, -0.15) is 0 Å². The summed E-state index contributed by atoms with van der Waals surface area (Å²) in [5, 5.41) is 7.10. The summed E-state index contributed by atoms with van der Waals surface area (Å²) in [6.45, 7) is 1.09. The van der Waals surface area contributed by atoms with Crippen LogP contribution in [-0.4, -0.2) is 36.6 Å². The van der Waals surface area contributed by atoms with E-state index in [2.05, 4.69) is 15.6 Å². The van der Waals surface area contributed by atoms with E-state index in [1.165, 1.54) is 17.8 Å². The van der Waals surface area contributed by atoms with E-state index in [0.29, 0.717) is 17.0 Å². The maximum Gasteiger partial charge on any atom is 0.280 e. The Kier molecular flexibility index (Phi) is 3.79. The number of aromatic nitrogens is 1. The van der Waals surface area contributed by atoms with Gasteiger partial charge in [0.2, 0.25) is 0 Å². The maximum atomic E-state index is 12.5. The average molecular weight is 329 g/mol. The van der Waals surface area contributed by atoms with Gasteiger partial charge in [0.15, 0.2) is 5.01 Å². The van der Waals surface area contributed by atoms with Gasteiger partial charge in [-0.3, -0.25) is 4.79 Å². The highest BCUT2D eigenvalue weighted by molar-refractivity contribution is 7.17. The third kappa shape index (κ3) is 2.72. The molecule has 1 aliphatic carbocycles. The second kappa shape index (κ2) is 5.94. The highest BCUT2D eigenvalue weighted by atomic mass is 32.1. The quantitative estimate of drug-likeness (QED) is 0.903. The zero-order valence-electron chi connectivity index (χ0n) is 12.9. The van der Waals surface area contributed by atoms with Crippen molar-refractivity contribution in [2.45, 2.75) is 24.9 Å². The Labute approximate surface area is 139 Å². The molecule has 2 bridgehead atoms. The predicted octanol–water partition coefficient (Wildman–Crippen LogP) is 2.30. The first-order valence-corrected chi connectivity index (χ1v) is 8.69. The third-order valence-electron chi connectivity index (χ3n) is 4.72. The van der Waals surface area contributed by atoms with E-state index in [1.807, 2.05) is 24.3 Å². The Hall–Kier alpha value is -1.92. The molecule has 5 nitrogen and oxygen atoms in total. The van der Waals surface area contributed by atoms with Crippen molar-refractivity contribution in [1.82, 2.24) is 15.6 Å². The molecule has 1 amide bonds. The minimum absolute atomic E-state index is 0.0736. The predicted molar refractivity (Wildman–Crippen MR) is 89.9 cm³/mol. The lowest BCUT2D eigenvalue weighted by Gasteiger charge is -2.23. The molecule has 2 N–H and O–H groups in total. The number of thiazole rings is 1. The SMILES string of the molecule is COc1ccccc1-c1cnc(C(=O)NC2CC3CNC2C3)s1. The van der Waals surface area contributed by atoms with Crippen LogP contribution in [0, 0.1) is 5.92 Å². The number of nitrogens with zero attached hydrogens (tertiary/aromatic N) is 1. The molecule has 1 aliphatic heterocycles. The number of para-hydroxylation sites is 1. The second-order valence-electron chi connectivity index (χ2n) is 6.16. The standard InChI is InChI=1S/C17H19N3O2S/c1-22-14-5-3-2-4-11(14)15-9-19-17(23-15)16(21)20-13-7-10-6-12(13)18-8-10/h2-5,9-10,12-13,18H,6-8H2,1H3,(H,20,21). The van der Waals surface area contributed by atoms with Crippen molar-refractivity contribution in [3.8, 4) is 16.2 Å². The first-order valence-electron chi connectivity index (χ1n) is 7.88. The van der Waals surface area contributed by atoms with Gasteiger partial charge in [-0.15, -0.1) is 11.3 Å². The number of rotatable bonds is 4. The van der Waals surface area contributed by atoms with Gasteiger partial charge in [0.05, 0.1) is 12.0 Å². The Balaban J connectivity index is 1.50. The van der Waals surface area contributed by atoms with Gasteiger partial charge < -0.3 is 15.4 Å². The van der Waals surface area contributed by atoms with Crippen LogP contribution in [0.1, 0.15) is 22.6 Å². The minimum atomic E-state index is -0.0736. The monoisotopic (exact) mass is 329 g/mol. The van der Waals surface area contributed by atoms with E-state index in [9.17, 15) is 4.79 Å². The smallest absolute Gasteiger partial charge is 0.280 e. The molecule has 3 atom stereocenters. The van der Waals surface area contributed by atoms with E-state index >= 15 is 0 Å². The number of fused-ring (bicyclic) bond motifs is 2. The molecule has 120 valence electrons. The molecule has 6 heteroatoms. The van der Waals surface area contributed by atoms with Crippen molar-refractivity contribution < 1.29 is 9.53 Å². The largest absolute Gasteiger partial charge is 0.496 e. The first-order chi connectivity index (χ1) is 11.2. The number of hydrogen-bond donors (Lipinski definition) is 2. The van der Waals surface area contributed by atoms with Gasteiger partial charge in [-0.1, -0.05) is 12.1 Å². The Bertz CT molecular complexity index is 730. The molecule has 1 saturated heterocycles. The zero-order chi connectivity index (χ0) is 15.8. The number of methoxy groups -OCH3 is 1. The number of carbonyl (C=O) groups is 1. The summed E-state index contributed by atoms with van der Waals surface area (Å²) in [6.07, 6.45) is 4.00. The molecule has 2 aliphatic rings. The molecule has 23 heavy (non-hydrogen) atoms. The van der Waals surface area contributed by atoms with E-state index < -0.39 is 0 Å². The summed E-state index contributed by atoms with van der Waals surface area (Å²) >= 11 is 1.40. The van der Waals surface area contributed by atoms with E-state index in [0.717, 1.165) is 29.2 Å². The van der Waals surface area contributed by atoms with Crippen LogP contribution in [0.4, 0.5) is 0 Å². The van der Waals surface area contributed by atoms with E-state index in [1.54, 1.807) is 13.3 Å². The van der Waals surface area contributed by atoms with Gasteiger partial charge in [-0.25, -0.2) is 4.98 Å². The number of piperidine rings is 1.